The summed E-state index contributed by atoms with van der Waals surface area (Å²) < 4.78 is 27.2. The van der Waals surface area contributed by atoms with Gasteiger partial charge in [0, 0.05) is 18.3 Å². The standard InChI is InChI=1S/C13H20N2O5S/c1-8(2)11(5-6-16)15-21(19,20)12-4-3-9(14)7-10(12)13(17)18/h3-4,7-8,11,15-16H,5-6,14H2,1-2H3,(H,17,18). The number of aliphatic hydroxyl groups is 1. The van der Waals surface area contributed by atoms with Crippen LogP contribution in [0.2, 0.25) is 0 Å². The van der Waals surface area contributed by atoms with Gasteiger partial charge in [-0.15, -0.1) is 0 Å². The lowest BCUT2D eigenvalue weighted by molar-refractivity contribution is 0.0692. The third kappa shape index (κ3) is 4.42. The molecule has 0 fully saturated rings. The summed E-state index contributed by atoms with van der Waals surface area (Å²) in [6.07, 6.45) is 0.244. The van der Waals surface area contributed by atoms with Crippen molar-refractivity contribution in [1.29, 1.82) is 0 Å². The quantitative estimate of drug-likeness (QED) is 0.547. The van der Waals surface area contributed by atoms with E-state index in [0.717, 1.165) is 12.1 Å². The summed E-state index contributed by atoms with van der Waals surface area (Å²) in [5.74, 6) is -1.42. The van der Waals surface area contributed by atoms with Crippen LogP contribution in [0.1, 0.15) is 30.6 Å². The zero-order valence-corrected chi connectivity index (χ0v) is 12.7. The first kappa shape index (κ1) is 17.4. The SMILES string of the molecule is CC(C)C(CCO)NS(=O)(=O)c1ccc(N)cc1C(=O)O. The molecule has 0 aliphatic rings. The fourth-order valence-electron chi connectivity index (χ4n) is 1.88. The highest BCUT2D eigenvalue weighted by Crippen LogP contribution is 2.20. The maximum Gasteiger partial charge on any atom is 0.337 e. The Bertz CT molecular complexity index is 613. The van der Waals surface area contributed by atoms with E-state index >= 15 is 0 Å². The molecule has 0 saturated heterocycles. The van der Waals surface area contributed by atoms with Gasteiger partial charge in [-0.25, -0.2) is 17.9 Å². The van der Waals surface area contributed by atoms with E-state index in [4.69, 9.17) is 15.9 Å². The maximum absolute atomic E-state index is 12.4. The van der Waals surface area contributed by atoms with E-state index in [1.54, 1.807) is 0 Å². The molecule has 0 amide bonds. The molecule has 7 nitrogen and oxygen atoms in total. The molecular weight excluding hydrogens is 296 g/mol. The van der Waals surface area contributed by atoms with E-state index in [-0.39, 0.29) is 35.1 Å². The molecule has 0 bridgehead atoms. The molecule has 1 aromatic rings. The Balaban J connectivity index is 3.22. The van der Waals surface area contributed by atoms with Gasteiger partial charge in [0.25, 0.3) is 0 Å². The molecule has 5 N–H and O–H groups in total. The molecule has 21 heavy (non-hydrogen) atoms. The van der Waals surface area contributed by atoms with E-state index in [2.05, 4.69) is 4.72 Å². The summed E-state index contributed by atoms with van der Waals surface area (Å²) in [6, 6.07) is 3.11. The topological polar surface area (TPSA) is 130 Å². The second-order valence-corrected chi connectivity index (χ2v) is 6.73. The Morgan fingerprint density at radius 1 is 1.38 bits per heavy atom. The third-order valence-corrected chi connectivity index (χ3v) is 4.62. The Morgan fingerprint density at radius 2 is 2.00 bits per heavy atom. The van der Waals surface area contributed by atoms with Crippen LogP contribution in [0, 0.1) is 5.92 Å². The first-order valence-electron chi connectivity index (χ1n) is 6.45. The van der Waals surface area contributed by atoms with Gasteiger partial charge in [0.1, 0.15) is 0 Å². The van der Waals surface area contributed by atoms with E-state index in [1.165, 1.54) is 6.07 Å². The van der Waals surface area contributed by atoms with Crippen molar-refractivity contribution in [3.8, 4) is 0 Å². The van der Waals surface area contributed by atoms with Crippen molar-refractivity contribution in [1.82, 2.24) is 4.72 Å². The van der Waals surface area contributed by atoms with Gasteiger partial charge in [-0.05, 0) is 30.5 Å². The zero-order valence-electron chi connectivity index (χ0n) is 11.9. The minimum absolute atomic E-state index is 0.0472. The van der Waals surface area contributed by atoms with Gasteiger partial charge < -0.3 is 15.9 Å². The van der Waals surface area contributed by atoms with Crippen LogP contribution in [-0.4, -0.2) is 37.2 Å². The van der Waals surface area contributed by atoms with Crippen LogP contribution in [0.25, 0.3) is 0 Å². The van der Waals surface area contributed by atoms with Crippen LogP contribution in [0.4, 0.5) is 5.69 Å². The van der Waals surface area contributed by atoms with Crippen LogP contribution in [-0.2, 0) is 10.0 Å². The van der Waals surface area contributed by atoms with Crippen LogP contribution < -0.4 is 10.5 Å². The Morgan fingerprint density at radius 3 is 2.48 bits per heavy atom. The Hall–Kier alpha value is -1.64. The molecule has 0 saturated carbocycles. The predicted molar refractivity (Wildman–Crippen MR) is 78.5 cm³/mol. The van der Waals surface area contributed by atoms with Gasteiger partial charge in [0.15, 0.2) is 0 Å². The normalized spacial score (nSPS) is 13.3. The first-order valence-corrected chi connectivity index (χ1v) is 7.93. The molecule has 0 spiro atoms. The van der Waals surface area contributed by atoms with E-state index in [1.807, 2.05) is 13.8 Å². The number of anilines is 1. The highest BCUT2D eigenvalue weighted by Gasteiger charge is 2.26. The average Bonchev–Trinajstić information content (AvgIpc) is 2.37. The second-order valence-electron chi connectivity index (χ2n) is 5.04. The first-order chi connectivity index (χ1) is 9.69. The summed E-state index contributed by atoms with van der Waals surface area (Å²) in [5.41, 5.74) is 5.28. The monoisotopic (exact) mass is 316 g/mol. The number of carbonyl (C=O) groups is 1. The van der Waals surface area contributed by atoms with E-state index in [0.29, 0.717) is 0 Å². The van der Waals surface area contributed by atoms with Crippen molar-refractivity contribution in [2.45, 2.75) is 31.2 Å². The zero-order chi connectivity index (χ0) is 16.2. The van der Waals surface area contributed by atoms with Gasteiger partial charge in [-0.3, -0.25) is 0 Å². The molecule has 1 unspecified atom stereocenters. The van der Waals surface area contributed by atoms with Gasteiger partial charge in [-0.1, -0.05) is 13.8 Å². The molecule has 0 aliphatic heterocycles. The van der Waals surface area contributed by atoms with Gasteiger partial charge >= 0.3 is 5.97 Å². The minimum Gasteiger partial charge on any atom is -0.478 e. The second kappa shape index (κ2) is 6.88. The van der Waals surface area contributed by atoms with Crippen LogP contribution >= 0.6 is 0 Å². The van der Waals surface area contributed by atoms with Crippen molar-refractivity contribution >= 4 is 21.7 Å². The lowest BCUT2D eigenvalue weighted by Gasteiger charge is -2.22. The number of rotatable bonds is 7. The summed E-state index contributed by atoms with van der Waals surface area (Å²) in [4.78, 5) is 10.8. The van der Waals surface area contributed by atoms with Crippen molar-refractivity contribution in [3.63, 3.8) is 0 Å². The molecule has 0 aliphatic carbocycles. The number of sulfonamides is 1. The number of aromatic carboxylic acids is 1. The molecule has 1 rings (SSSR count). The molecule has 0 heterocycles. The summed E-state index contributed by atoms with van der Waals surface area (Å²) in [7, 11) is -4.02. The highest BCUT2D eigenvalue weighted by molar-refractivity contribution is 7.89. The molecule has 1 atom stereocenters. The number of hydrogen-bond donors (Lipinski definition) is 4. The summed E-state index contributed by atoms with van der Waals surface area (Å²) >= 11 is 0. The number of aliphatic hydroxyl groups excluding tert-OH is 1. The molecule has 0 radical (unpaired) electrons. The fraction of sp³-hybridized carbons (Fsp3) is 0.462. The largest absolute Gasteiger partial charge is 0.478 e. The lowest BCUT2D eigenvalue weighted by Crippen LogP contribution is -2.39. The molecular formula is C13H20N2O5S. The van der Waals surface area contributed by atoms with Gasteiger partial charge in [-0.2, -0.15) is 0 Å². The van der Waals surface area contributed by atoms with Crippen LogP contribution in [0.5, 0.6) is 0 Å². The molecule has 1 aromatic carbocycles. The number of nitrogens with one attached hydrogen (secondary N) is 1. The van der Waals surface area contributed by atoms with Crippen molar-refractivity contribution in [2.24, 2.45) is 5.92 Å². The molecule has 118 valence electrons. The number of nitrogen functional groups attached to an aromatic ring is 1. The molecule has 8 heteroatoms. The summed E-state index contributed by atoms with van der Waals surface area (Å²) in [6.45, 7) is 3.45. The van der Waals surface area contributed by atoms with Crippen LogP contribution in [0.3, 0.4) is 0 Å². The average molecular weight is 316 g/mol. The van der Waals surface area contributed by atoms with E-state index < -0.39 is 22.0 Å². The Kier molecular flexibility index (Phi) is 5.70. The number of carboxylic acid groups (broad SMARTS) is 1. The van der Waals surface area contributed by atoms with Crippen LogP contribution in [0.15, 0.2) is 23.1 Å². The smallest absolute Gasteiger partial charge is 0.337 e. The fourth-order valence-corrected chi connectivity index (χ4v) is 3.48. The predicted octanol–water partition coefficient (Wildman–Crippen LogP) is 0.652. The number of hydrogen-bond acceptors (Lipinski definition) is 5. The number of benzene rings is 1. The van der Waals surface area contributed by atoms with Gasteiger partial charge in [0.2, 0.25) is 10.0 Å². The lowest BCUT2D eigenvalue weighted by atomic mass is 10.0. The third-order valence-electron chi connectivity index (χ3n) is 3.07. The highest BCUT2D eigenvalue weighted by atomic mass is 32.2. The van der Waals surface area contributed by atoms with Crippen molar-refractivity contribution in [3.05, 3.63) is 23.8 Å². The van der Waals surface area contributed by atoms with E-state index in [9.17, 15) is 13.2 Å². The maximum atomic E-state index is 12.4. The molecule has 0 aromatic heterocycles. The van der Waals surface area contributed by atoms with Gasteiger partial charge in [0.05, 0.1) is 10.5 Å². The number of carboxylic acids is 1. The summed E-state index contributed by atoms with van der Waals surface area (Å²) in [5, 5.41) is 18.1. The Labute approximate surface area is 123 Å². The van der Waals surface area contributed by atoms with Crippen molar-refractivity contribution < 1.29 is 23.4 Å². The minimum atomic E-state index is -4.02. The van der Waals surface area contributed by atoms with Crippen molar-refractivity contribution in [2.75, 3.05) is 12.3 Å². The number of nitrogens with two attached hydrogens (primary N) is 1.